The van der Waals surface area contributed by atoms with Crippen LogP contribution in [-0.2, 0) is 6.54 Å². The molecule has 8 heteroatoms. The lowest BCUT2D eigenvalue weighted by Gasteiger charge is -2.09. The van der Waals surface area contributed by atoms with Crippen molar-refractivity contribution in [2.45, 2.75) is 13.5 Å². The molecule has 0 fully saturated rings. The maximum atomic E-state index is 12.6. The Morgan fingerprint density at radius 3 is 2.82 bits per heavy atom. The van der Waals surface area contributed by atoms with Crippen molar-refractivity contribution in [3.05, 3.63) is 63.9 Å². The zero-order valence-electron chi connectivity index (χ0n) is 15.5. The smallest absolute Gasteiger partial charge is 0.277 e. The molecule has 0 saturated heterocycles. The molecule has 0 aliphatic rings. The molecule has 0 bridgehead atoms. The van der Waals surface area contributed by atoms with E-state index in [9.17, 15) is 4.79 Å². The van der Waals surface area contributed by atoms with Crippen LogP contribution < -0.4 is 15.0 Å². The van der Waals surface area contributed by atoms with Gasteiger partial charge in [-0.1, -0.05) is 17.3 Å². The first kappa shape index (κ1) is 18.1. The minimum Gasteiger partial charge on any atom is -0.493 e. The second kappa shape index (κ2) is 7.77. The fourth-order valence-electron chi connectivity index (χ4n) is 2.87. The van der Waals surface area contributed by atoms with Crippen LogP contribution in [0.1, 0.15) is 12.6 Å². The molecule has 2 aromatic carbocycles. The van der Waals surface area contributed by atoms with Gasteiger partial charge in [0.05, 0.1) is 31.3 Å². The molecule has 2 heterocycles. The molecule has 7 nitrogen and oxygen atoms in total. The molecular formula is C20H18N4O3S. The Labute approximate surface area is 165 Å². The van der Waals surface area contributed by atoms with E-state index in [2.05, 4.69) is 15.3 Å². The van der Waals surface area contributed by atoms with Crippen LogP contribution in [0.2, 0.25) is 0 Å². The van der Waals surface area contributed by atoms with Crippen molar-refractivity contribution in [1.29, 1.82) is 0 Å². The molecule has 0 aliphatic carbocycles. The Balaban J connectivity index is 1.62. The lowest BCUT2D eigenvalue weighted by molar-refractivity contribution is 0.311. The summed E-state index contributed by atoms with van der Waals surface area (Å²) in [5.74, 6) is 1.36. The van der Waals surface area contributed by atoms with E-state index in [-0.39, 0.29) is 12.1 Å². The van der Waals surface area contributed by atoms with Crippen molar-refractivity contribution in [3.63, 3.8) is 0 Å². The molecule has 0 aliphatic heterocycles. The van der Waals surface area contributed by atoms with Crippen LogP contribution in [0.3, 0.4) is 0 Å². The third kappa shape index (κ3) is 3.46. The third-order valence-corrected chi connectivity index (χ3v) is 5.14. The van der Waals surface area contributed by atoms with E-state index in [1.165, 1.54) is 16.0 Å². The fraction of sp³-hybridized carbons (Fsp3) is 0.200. The van der Waals surface area contributed by atoms with Gasteiger partial charge >= 0.3 is 0 Å². The summed E-state index contributed by atoms with van der Waals surface area (Å²) in [4.78, 5) is 17.2. The Kier molecular flexibility index (Phi) is 5.03. The van der Waals surface area contributed by atoms with Crippen LogP contribution in [0.4, 0.5) is 0 Å². The lowest BCUT2D eigenvalue weighted by atomic mass is 10.2. The van der Waals surface area contributed by atoms with E-state index >= 15 is 0 Å². The van der Waals surface area contributed by atoms with E-state index in [1.54, 1.807) is 19.2 Å². The van der Waals surface area contributed by atoms with Gasteiger partial charge in [-0.15, -0.1) is 16.4 Å². The molecule has 4 rings (SSSR count). The summed E-state index contributed by atoms with van der Waals surface area (Å²) in [7, 11) is 1.61. The Morgan fingerprint density at radius 1 is 1.14 bits per heavy atom. The lowest BCUT2D eigenvalue weighted by Crippen LogP contribution is -2.24. The first-order valence-corrected chi connectivity index (χ1v) is 9.65. The average Bonchev–Trinajstić information content (AvgIpc) is 3.19. The average molecular weight is 394 g/mol. The van der Waals surface area contributed by atoms with E-state index in [4.69, 9.17) is 9.47 Å². The highest BCUT2D eigenvalue weighted by molar-refractivity contribution is 7.13. The zero-order valence-corrected chi connectivity index (χ0v) is 16.3. The van der Waals surface area contributed by atoms with E-state index in [0.717, 1.165) is 16.3 Å². The number of fused-ring (bicyclic) bond motifs is 1. The number of methoxy groups -OCH3 is 1. The van der Waals surface area contributed by atoms with Gasteiger partial charge in [-0.2, -0.15) is 0 Å². The van der Waals surface area contributed by atoms with E-state index < -0.39 is 0 Å². The Hall–Kier alpha value is -3.26. The molecule has 0 unspecified atom stereocenters. The minimum atomic E-state index is -0.178. The predicted molar refractivity (Wildman–Crippen MR) is 108 cm³/mol. The van der Waals surface area contributed by atoms with Gasteiger partial charge in [-0.3, -0.25) is 4.79 Å². The van der Waals surface area contributed by atoms with E-state index in [0.29, 0.717) is 29.0 Å². The van der Waals surface area contributed by atoms with Crippen molar-refractivity contribution >= 4 is 22.2 Å². The summed E-state index contributed by atoms with van der Waals surface area (Å²) in [6, 6.07) is 12.9. The maximum absolute atomic E-state index is 12.6. The molecule has 0 saturated carbocycles. The van der Waals surface area contributed by atoms with Crippen LogP contribution in [-0.4, -0.2) is 33.7 Å². The summed E-state index contributed by atoms with van der Waals surface area (Å²) in [5.41, 5.74) is 2.08. The standard InChI is InChI=1S/C20H18N4O3S/c1-3-27-17-9-8-13(10-18(17)26-2)19-21-14(12-28-19)11-24-20(25)15-6-4-5-7-16(15)22-23-24/h4-10,12H,3,11H2,1-2H3. The molecule has 4 aromatic rings. The van der Waals surface area contributed by atoms with Crippen molar-refractivity contribution in [2.24, 2.45) is 0 Å². The second-order valence-electron chi connectivity index (χ2n) is 6.01. The number of hydrogen-bond acceptors (Lipinski definition) is 7. The fourth-order valence-corrected chi connectivity index (χ4v) is 3.68. The van der Waals surface area contributed by atoms with Crippen LogP contribution in [0.25, 0.3) is 21.5 Å². The maximum Gasteiger partial charge on any atom is 0.277 e. The third-order valence-electron chi connectivity index (χ3n) is 4.20. The van der Waals surface area contributed by atoms with Gasteiger partial charge in [0, 0.05) is 10.9 Å². The molecule has 0 atom stereocenters. The van der Waals surface area contributed by atoms with Crippen molar-refractivity contribution in [2.75, 3.05) is 13.7 Å². The van der Waals surface area contributed by atoms with Gasteiger partial charge < -0.3 is 9.47 Å². The Bertz CT molecular complexity index is 1190. The monoisotopic (exact) mass is 394 g/mol. The number of thiazole rings is 1. The topological polar surface area (TPSA) is 79.1 Å². The summed E-state index contributed by atoms with van der Waals surface area (Å²) in [5, 5.41) is 11.4. The van der Waals surface area contributed by atoms with Crippen LogP contribution in [0.15, 0.2) is 52.6 Å². The molecule has 2 aromatic heterocycles. The van der Waals surface area contributed by atoms with Crippen molar-refractivity contribution in [3.8, 4) is 22.1 Å². The summed E-state index contributed by atoms with van der Waals surface area (Å²) < 4.78 is 12.3. The van der Waals surface area contributed by atoms with Crippen molar-refractivity contribution < 1.29 is 9.47 Å². The summed E-state index contributed by atoms with van der Waals surface area (Å²) in [6.45, 7) is 2.76. The molecule has 0 radical (unpaired) electrons. The highest BCUT2D eigenvalue weighted by atomic mass is 32.1. The molecular weight excluding hydrogens is 376 g/mol. The highest BCUT2D eigenvalue weighted by Crippen LogP contribution is 2.33. The SMILES string of the molecule is CCOc1ccc(-c2nc(Cn3nnc4ccccc4c3=O)cs2)cc1OC. The number of rotatable bonds is 6. The molecule has 142 valence electrons. The van der Waals surface area contributed by atoms with Gasteiger partial charge in [-0.25, -0.2) is 9.67 Å². The molecule has 0 N–H and O–H groups in total. The van der Waals surface area contributed by atoms with Crippen molar-refractivity contribution in [1.82, 2.24) is 20.0 Å². The predicted octanol–water partition coefficient (Wildman–Crippen LogP) is 3.37. The highest BCUT2D eigenvalue weighted by Gasteiger charge is 2.12. The first-order valence-electron chi connectivity index (χ1n) is 8.77. The second-order valence-corrected chi connectivity index (χ2v) is 6.87. The normalized spacial score (nSPS) is 10.9. The Morgan fingerprint density at radius 2 is 2.00 bits per heavy atom. The number of hydrogen-bond donors (Lipinski definition) is 0. The van der Waals surface area contributed by atoms with Gasteiger partial charge in [-0.05, 0) is 37.3 Å². The van der Waals surface area contributed by atoms with Gasteiger partial charge in [0.15, 0.2) is 11.5 Å². The zero-order chi connectivity index (χ0) is 19.5. The van der Waals surface area contributed by atoms with Crippen LogP contribution >= 0.6 is 11.3 Å². The van der Waals surface area contributed by atoms with Gasteiger partial charge in [0.1, 0.15) is 10.5 Å². The molecule has 28 heavy (non-hydrogen) atoms. The molecule has 0 spiro atoms. The van der Waals surface area contributed by atoms with E-state index in [1.807, 2.05) is 42.6 Å². The van der Waals surface area contributed by atoms with Gasteiger partial charge in [0.2, 0.25) is 0 Å². The minimum absolute atomic E-state index is 0.178. The number of aromatic nitrogens is 4. The van der Waals surface area contributed by atoms with Gasteiger partial charge in [0.25, 0.3) is 5.56 Å². The largest absolute Gasteiger partial charge is 0.493 e. The number of benzene rings is 2. The summed E-state index contributed by atoms with van der Waals surface area (Å²) >= 11 is 1.50. The van der Waals surface area contributed by atoms with Crippen LogP contribution in [0, 0.1) is 0 Å². The van der Waals surface area contributed by atoms with Crippen LogP contribution in [0.5, 0.6) is 11.5 Å². The summed E-state index contributed by atoms with van der Waals surface area (Å²) in [6.07, 6.45) is 0. The molecule has 0 amide bonds. The number of ether oxygens (including phenoxy) is 2. The number of nitrogens with zero attached hydrogens (tertiary/aromatic N) is 4. The quantitative estimate of drug-likeness (QED) is 0.499. The first-order chi connectivity index (χ1) is 13.7.